The lowest BCUT2D eigenvalue weighted by Gasteiger charge is -2.22. The standard InChI is InChI=1S/C14H16ClNO3/c1-9-8-10(5-6-11(9)15)13(17)16-7-3-4-12(16)14(18)19-2/h5-6,8,12H,3-4,7H2,1-2H3. The van der Waals surface area contributed by atoms with Gasteiger partial charge >= 0.3 is 5.97 Å². The first kappa shape index (κ1) is 13.9. The Morgan fingerprint density at radius 1 is 1.42 bits per heavy atom. The molecule has 5 heteroatoms. The van der Waals surface area contributed by atoms with Crippen LogP contribution in [0.3, 0.4) is 0 Å². The van der Waals surface area contributed by atoms with Crippen LogP contribution >= 0.6 is 11.6 Å². The molecule has 1 amide bonds. The van der Waals surface area contributed by atoms with E-state index in [0.717, 1.165) is 12.0 Å². The number of esters is 1. The Bertz CT molecular complexity index is 515. The summed E-state index contributed by atoms with van der Waals surface area (Å²) in [7, 11) is 1.34. The lowest BCUT2D eigenvalue weighted by molar-refractivity contribution is -0.145. The molecule has 0 N–H and O–H groups in total. The SMILES string of the molecule is COC(=O)C1CCCN1C(=O)c1ccc(Cl)c(C)c1. The molecule has 102 valence electrons. The Kier molecular flexibility index (Phi) is 4.10. The zero-order chi connectivity index (χ0) is 14.0. The van der Waals surface area contributed by atoms with Crippen molar-refractivity contribution in [3.05, 3.63) is 34.3 Å². The molecule has 4 nitrogen and oxygen atoms in total. The first-order valence-electron chi connectivity index (χ1n) is 6.19. The first-order valence-corrected chi connectivity index (χ1v) is 6.57. The quantitative estimate of drug-likeness (QED) is 0.782. The molecule has 0 radical (unpaired) electrons. The molecule has 1 saturated heterocycles. The number of methoxy groups -OCH3 is 1. The lowest BCUT2D eigenvalue weighted by Crippen LogP contribution is -2.41. The number of aryl methyl sites for hydroxylation is 1. The van der Waals surface area contributed by atoms with E-state index in [2.05, 4.69) is 0 Å². The van der Waals surface area contributed by atoms with Crippen LogP contribution in [0.2, 0.25) is 5.02 Å². The predicted octanol–water partition coefficient (Wildman–Crippen LogP) is 2.43. The molecule has 19 heavy (non-hydrogen) atoms. The Labute approximate surface area is 117 Å². The topological polar surface area (TPSA) is 46.6 Å². The number of hydrogen-bond acceptors (Lipinski definition) is 3. The van der Waals surface area contributed by atoms with Crippen molar-refractivity contribution in [1.82, 2.24) is 4.90 Å². The van der Waals surface area contributed by atoms with E-state index in [0.29, 0.717) is 23.6 Å². The Morgan fingerprint density at radius 2 is 2.16 bits per heavy atom. The van der Waals surface area contributed by atoms with Gasteiger partial charge in [0.2, 0.25) is 0 Å². The van der Waals surface area contributed by atoms with E-state index >= 15 is 0 Å². The summed E-state index contributed by atoms with van der Waals surface area (Å²) in [4.78, 5) is 25.6. The van der Waals surface area contributed by atoms with Crippen molar-refractivity contribution in [2.45, 2.75) is 25.8 Å². The molecule has 1 fully saturated rings. The Hall–Kier alpha value is -1.55. The summed E-state index contributed by atoms with van der Waals surface area (Å²) in [6.45, 7) is 2.43. The zero-order valence-corrected chi connectivity index (χ0v) is 11.7. The fourth-order valence-electron chi connectivity index (χ4n) is 2.33. The predicted molar refractivity (Wildman–Crippen MR) is 72.3 cm³/mol. The van der Waals surface area contributed by atoms with Crippen molar-refractivity contribution in [1.29, 1.82) is 0 Å². The van der Waals surface area contributed by atoms with Crippen molar-refractivity contribution in [3.8, 4) is 0 Å². The van der Waals surface area contributed by atoms with Crippen LogP contribution in [0.15, 0.2) is 18.2 Å². The van der Waals surface area contributed by atoms with E-state index in [4.69, 9.17) is 16.3 Å². The van der Waals surface area contributed by atoms with Crippen LogP contribution in [-0.2, 0) is 9.53 Å². The zero-order valence-electron chi connectivity index (χ0n) is 11.0. The van der Waals surface area contributed by atoms with Crippen LogP contribution in [0.25, 0.3) is 0 Å². The van der Waals surface area contributed by atoms with E-state index in [-0.39, 0.29) is 11.9 Å². The number of ether oxygens (including phenoxy) is 1. The highest BCUT2D eigenvalue weighted by molar-refractivity contribution is 6.31. The maximum Gasteiger partial charge on any atom is 0.328 e. The van der Waals surface area contributed by atoms with Crippen LogP contribution in [-0.4, -0.2) is 36.5 Å². The minimum atomic E-state index is -0.464. The summed E-state index contributed by atoms with van der Waals surface area (Å²) in [6, 6.07) is 4.67. The fourth-order valence-corrected chi connectivity index (χ4v) is 2.45. The summed E-state index contributed by atoms with van der Waals surface area (Å²) < 4.78 is 4.74. The lowest BCUT2D eigenvalue weighted by atomic mass is 10.1. The average molecular weight is 282 g/mol. The highest BCUT2D eigenvalue weighted by atomic mass is 35.5. The van der Waals surface area contributed by atoms with Gasteiger partial charge in [0.05, 0.1) is 7.11 Å². The average Bonchev–Trinajstić information content (AvgIpc) is 2.89. The van der Waals surface area contributed by atoms with E-state index in [1.165, 1.54) is 7.11 Å². The Balaban J connectivity index is 2.23. The molecule has 1 atom stereocenters. The second kappa shape index (κ2) is 5.61. The molecular weight excluding hydrogens is 266 g/mol. The number of carbonyl (C=O) groups excluding carboxylic acids is 2. The van der Waals surface area contributed by atoms with Gasteiger partial charge in [0, 0.05) is 17.1 Å². The largest absolute Gasteiger partial charge is 0.467 e. The van der Waals surface area contributed by atoms with Crippen LogP contribution in [0.5, 0.6) is 0 Å². The summed E-state index contributed by atoms with van der Waals surface area (Å²) in [5.74, 6) is -0.496. The molecule has 0 spiro atoms. The van der Waals surface area contributed by atoms with E-state index < -0.39 is 6.04 Å². The van der Waals surface area contributed by atoms with Gasteiger partial charge in [0.15, 0.2) is 0 Å². The van der Waals surface area contributed by atoms with Gasteiger partial charge in [-0.25, -0.2) is 4.79 Å². The van der Waals surface area contributed by atoms with Crippen LogP contribution in [0.1, 0.15) is 28.8 Å². The molecule has 1 aromatic carbocycles. The van der Waals surface area contributed by atoms with Gasteiger partial charge < -0.3 is 9.64 Å². The van der Waals surface area contributed by atoms with Gasteiger partial charge in [0.25, 0.3) is 5.91 Å². The van der Waals surface area contributed by atoms with Crippen molar-refractivity contribution in [2.75, 3.05) is 13.7 Å². The molecule has 1 aliphatic heterocycles. The highest BCUT2D eigenvalue weighted by Gasteiger charge is 2.35. The second-order valence-corrected chi connectivity index (χ2v) is 5.05. The molecule has 0 bridgehead atoms. The number of rotatable bonds is 2. The minimum absolute atomic E-state index is 0.146. The number of benzene rings is 1. The van der Waals surface area contributed by atoms with Crippen LogP contribution in [0.4, 0.5) is 0 Å². The van der Waals surface area contributed by atoms with Gasteiger partial charge in [0.1, 0.15) is 6.04 Å². The first-order chi connectivity index (χ1) is 9.04. The molecular formula is C14H16ClNO3. The number of hydrogen-bond donors (Lipinski definition) is 0. The number of carbonyl (C=O) groups is 2. The van der Waals surface area contributed by atoms with Gasteiger partial charge in [-0.2, -0.15) is 0 Å². The molecule has 1 heterocycles. The summed E-state index contributed by atoms with van der Waals surface area (Å²) in [5.41, 5.74) is 1.40. The van der Waals surface area contributed by atoms with Gasteiger partial charge in [-0.3, -0.25) is 4.79 Å². The van der Waals surface area contributed by atoms with Gasteiger partial charge in [-0.15, -0.1) is 0 Å². The third-order valence-corrected chi connectivity index (χ3v) is 3.82. The highest BCUT2D eigenvalue weighted by Crippen LogP contribution is 2.23. The van der Waals surface area contributed by atoms with E-state index in [9.17, 15) is 9.59 Å². The molecule has 1 unspecified atom stereocenters. The molecule has 1 aliphatic rings. The molecule has 0 aliphatic carbocycles. The summed E-state index contributed by atoms with van der Waals surface area (Å²) in [6.07, 6.45) is 1.48. The number of nitrogens with zero attached hydrogens (tertiary/aromatic N) is 1. The van der Waals surface area contributed by atoms with Crippen molar-refractivity contribution in [2.24, 2.45) is 0 Å². The van der Waals surface area contributed by atoms with E-state index in [1.807, 2.05) is 6.92 Å². The molecule has 0 saturated carbocycles. The Morgan fingerprint density at radius 3 is 2.79 bits per heavy atom. The smallest absolute Gasteiger partial charge is 0.328 e. The van der Waals surface area contributed by atoms with Crippen molar-refractivity contribution < 1.29 is 14.3 Å². The van der Waals surface area contributed by atoms with Crippen molar-refractivity contribution >= 4 is 23.5 Å². The van der Waals surface area contributed by atoms with Gasteiger partial charge in [-0.05, 0) is 43.5 Å². The second-order valence-electron chi connectivity index (χ2n) is 4.64. The summed E-state index contributed by atoms with van der Waals surface area (Å²) >= 11 is 5.95. The molecule has 1 aromatic rings. The van der Waals surface area contributed by atoms with Crippen molar-refractivity contribution in [3.63, 3.8) is 0 Å². The summed E-state index contributed by atoms with van der Waals surface area (Å²) in [5, 5.41) is 0.627. The number of amides is 1. The monoisotopic (exact) mass is 281 g/mol. The molecule has 2 rings (SSSR count). The van der Waals surface area contributed by atoms with E-state index in [1.54, 1.807) is 23.1 Å². The number of halogens is 1. The maximum atomic E-state index is 12.4. The molecule has 0 aromatic heterocycles. The third-order valence-electron chi connectivity index (χ3n) is 3.39. The minimum Gasteiger partial charge on any atom is -0.467 e. The fraction of sp³-hybridized carbons (Fsp3) is 0.429. The van der Waals surface area contributed by atoms with Crippen LogP contribution < -0.4 is 0 Å². The van der Waals surface area contributed by atoms with Gasteiger partial charge in [-0.1, -0.05) is 11.6 Å². The maximum absolute atomic E-state index is 12.4. The van der Waals surface area contributed by atoms with Crippen LogP contribution in [0, 0.1) is 6.92 Å². The number of likely N-dealkylation sites (tertiary alicyclic amines) is 1. The third kappa shape index (κ3) is 2.73. The normalized spacial score (nSPS) is 18.5.